The van der Waals surface area contributed by atoms with E-state index in [4.69, 9.17) is 4.74 Å². The average Bonchev–Trinajstić information content (AvgIpc) is 2.59. The summed E-state index contributed by atoms with van der Waals surface area (Å²) >= 11 is 0. The van der Waals surface area contributed by atoms with Crippen molar-refractivity contribution in [1.29, 1.82) is 0 Å². The lowest BCUT2D eigenvalue weighted by atomic mass is 9.97. The first kappa shape index (κ1) is 18.1. The highest BCUT2D eigenvalue weighted by atomic mass is 16.5. The molecule has 0 radical (unpaired) electrons. The third kappa shape index (κ3) is 6.90. The molecule has 130 valence electrons. The van der Waals surface area contributed by atoms with Gasteiger partial charge in [0, 0.05) is 18.3 Å². The van der Waals surface area contributed by atoms with Gasteiger partial charge in [0.15, 0.2) is 0 Å². The van der Waals surface area contributed by atoms with E-state index in [1.165, 1.54) is 31.3 Å². The number of benzene rings is 1. The van der Waals surface area contributed by atoms with Gasteiger partial charge in [-0.15, -0.1) is 0 Å². The van der Waals surface area contributed by atoms with E-state index in [0.717, 1.165) is 23.4 Å². The number of anilines is 1. The third-order valence-corrected chi connectivity index (χ3v) is 3.93. The molecule has 1 aliphatic carbocycles. The minimum Gasteiger partial charge on any atom is -0.489 e. The number of ether oxygens (including phenoxy) is 1. The molecule has 1 aromatic rings. The molecule has 0 atom stereocenters. The maximum atomic E-state index is 11.9. The van der Waals surface area contributed by atoms with Crippen LogP contribution in [0.3, 0.4) is 0 Å². The molecule has 1 aromatic carbocycles. The maximum Gasteiger partial charge on any atom is 0.239 e. The number of hydrogen-bond acceptors (Lipinski definition) is 3. The molecule has 4 nitrogen and oxygen atoms in total. The van der Waals surface area contributed by atoms with Crippen LogP contribution < -0.4 is 15.4 Å². The summed E-state index contributed by atoms with van der Waals surface area (Å²) in [7, 11) is 0. The summed E-state index contributed by atoms with van der Waals surface area (Å²) in [5, 5.41) is 6.10. The second-order valence-electron chi connectivity index (χ2n) is 6.34. The Balaban J connectivity index is 1.68. The Morgan fingerprint density at radius 3 is 2.96 bits per heavy atom. The van der Waals surface area contributed by atoms with E-state index in [2.05, 4.69) is 23.3 Å². The summed E-state index contributed by atoms with van der Waals surface area (Å²) in [5.74, 6) is 0.785. The van der Waals surface area contributed by atoms with Gasteiger partial charge in [-0.05, 0) is 56.7 Å². The van der Waals surface area contributed by atoms with Gasteiger partial charge < -0.3 is 15.4 Å². The smallest absolute Gasteiger partial charge is 0.239 e. The normalized spacial score (nSPS) is 13.8. The van der Waals surface area contributed by atoms with Crippen molar-refractivity contribution >= 4 is 11.6 Å². The molecule has 4 heteroatoms. The highest BCUT2D eigenvalue weighted by molar-refractivity contribution is 5.80. The number of carbonyl (C=O) groups excluding carboxylic acids is 1. The van der Waals surface area contributed by atoms with Crippen LogP contribution in [-0.2, 0) is 4.79 Å². The van der Waals surface area contributed by atoms with E-state index in [1.54, 1.807) is 0 Å². The minimum absolute atomic E-state index is 0.0136. The Bertz CT molecular complexity index is 593. The quantitative estimate of drug-likeness (QED) is 0.672. The van der Waals surface area contributed by atoms with Gasteiger partial charge in [0.25, 0.3) is 0 Å². The van der Waals surface area contributed by atoms with Gasteiger partial charge in [-0.1, -0.05) is 24.3 Å². The van der Waals surface area contributed by atoms with E-state index in [1.807, 2.05) is 31.2 Å². The summed E-state index contributed by atoms with van der Waals surface area (Å²) in [6, 6.07) is 7.62. The fraction of sp³-hybridized carbons (Fsp3) is 0.450. The van der Waals surface area contributed by atoms with Crippen LogP contribution in [0.4, 0.5) is 5.69 Å². The van der Waals surface area contributed by atoms with E-state index in [-0.39, 0.29) is 12.5 Å². The van der Waals surface area contributed by atoms with Gasteiger partial charge >= 0.3 is 0 Å². The van der Waals surface area contributed by atoms with Gasteiger partial charge in [-0.2, -0.15) is 0 Å². The van der Waals surface area contributed by atoms with Crippen LogP contribution in [0, 0.1) is 0 Å². The molecular formula is C20H28N2O2. The molecule has 24 heavy (non-hydrogen) atoms. The second kappa shape index (κ2) is 9.81. The van der Waals surface area contributed by atoms with Crippen molar-refractivity contribution < 1.29 is 9.53 Å². The lowest BCUT2D eigenvalue weighted by molar-refractivity contribution is -0.119. The maximum absolute atomic E-state index is 11.9. The predicted molar refractivity (Wildman–Crippen MR) is 99.4 cm³/mol. The molecule has 0 saturated heterocycles. The number of hydrogen-bond donors (Lipinski definition) is 2. The van der Waals surface area contributed by atoms with Crippen molar-refractivity contribution in [3.8, 4) is 5.75 Å². The molecule has 0 fully saturated rings. The summed E-state index contributed by atoms with van der Waals surface area (Å²) in [6.45, 7) is 7.23. The first-order valence-electron chi connectivity index (χ1n) is 8.69. The lowest BCUT2D eigenvalue weighted by Gasteiger charge is -2.13. The number of amides is 1. The molecule has 0 aromatic heterocycles. The summed E-state index contributed by atoms with van der Waals surface area (Å²) < 4.78 is 5.60. The van der Waals surface area contributed by atoms with Crippen LogP contribution >= 0.6 is 0 Å². The van der Waals surface area contributed by atoms with Crippen LogP contribution in [0.25, 0.3) is 0 Å². The highest BCUT2D eigenvalue weighted by Gasteiger charge is 2.05. The number of carbonyl (C=O) groups is 1. The Morgan fingerprint density at radius 2 is 2.21 bits per heavy atom. The zero-order valence-corrected chi connectivity index (χ0v) is 14.6. The molecule has 0 aliphatic heterocycles. The van der Waals surface area contributed by atoms with Crippen LogP contribution in [0.5, 0.6) is 5.75 Å². The first-order chi connectivity index (χ1) is 11.6. The molecule has 1 aliphatic rings. The number of allylic oxidation sites excluding steroid dienone is 1. The molecule has 2 rings (SSSR count). The predicted octanol–water partition coefficient (Wildman–Crippen LogP) is 4.06. The Labute approximate surface area is 145 Å². The lowest BCUT2D eigenvalue weighted by Crippen LogP contribution is -2.30. The van der Waals surface area contributed by atoms with Crippen LogP contribution in [-0.4, -0.2) is 25.6 Å². The van der Waals surface area contributed by atoms with Crippen molar-refractivity contribution in [1.82, 2.24) is 5.32 Å². The summed E-state index contributed by atoms with van der Waals surface area (Å²) in [5.41, 5.74) is 3.33. The van der Waals surface area contributed by atoms with Crippen LogP contribution in [0.15, 0.2) is 48.1 Å². The number of rotatable bonds is 9. The van der Waals surface area contributed by atoms with Gasteiger partial charge in [0.1, 0.15) is 12.4 Å². The van der Waals surface area contributed by atoms with Gasteiger partial charge in [0.2, 0.25) is 5.91 Å². The molecule has 0 spiro atoms. The monoisotopic (exact) mass is 328 g/mol. The SMILES string of the molecule is C=C(C)COc1cccc(NCC(=O)NCCC2=CCCCC2)c1. The first-order valence-corrected chi connectivity index (χ1v) is 8.69. The molecule has 0 bridgehead atoms. The molecule has 1 amide bonds. The van der Waals surface area contributed by atoms with Gasteiger partial charge in [-0.25, -0.2) is 0 Å². The van der Waals surface area contributed by atoms with E-state index >= 15 is 0 Å². The molecular weight excluding hydrogens is 300 g/mol. The second-order valence-corrected chi connectivity index (χ2v) is 6.34. The van der Waals surface area contributed by atoms with Crippen molar-refractivity contribution in [3.05, 3.63) is 48.1 Å². The van der Waals surface area contributed by atoms with Crippen molar-refractivity contribution in [2.24, 2.45) is 0 Å². The standard InChI is InChI=1S/C20H28N2O2/c1-16(2)15-24-19-10-6-9-18(13-19)22-14-20(23)21-12-11-17-7-4-3-5-8-17/h6-7,9-10,13,22H,1,3-5,8,11-12,14-15H2,2H3,(H,21,23). The fourth-order valence-electron chi connectivity index (χ4n) is 2.64. The van der Waals surface area contributed by atoms with Crippen molar-refractivity contribution in [3.63, 3.8) is 0 Å². The zero-order chi connectivity index (χ0) is 17.2. The summed E-state index contributed by atoms with van der Waals surface area (Å²) in [4.78, 5) is 11.9. The minimum atomic E-state index is 0.0136. The Morgan fingerprint density at radius 1 is 1.33 bits per heavy atom. The Hall–Kier alpha value is -2.23. The van der Waals surface area contributed by atoms with E-state index < -0.39 is 0 Å². The largest absolute Gasteiger partial charge is 0.489 e. The Kier molecular flexibility index (Phi) is 7.40. The molecule has 2 N–H and O–H groups in total. The van der Waals surface area contributed by atoms with Crippen molar-refractivity contribution in [2.75, 3.05) is 25.0 Å². The average molecular weight is 328 g/mol. The fourth-order valence-corrected chi connectivity index (χ4v) is 2.64. The summed E-state index contributed by atoms with van der Waals surface area (Å²) in [6.07, 6.45) is 8.25. The molecule has 0 heterocycles. The van der Waals surface area contributed by atoms with Crippen LogP contribution in [0.2, 0.25) is 0 Å². The third-order valence-electron chi connectivity index (χ3n) is 3.93. The van der Waals surface area contributed by atoms with E-state index in [9.17, 15) is 4.79 Å². The number of nitrogens with one attached hydrogen (secondary N) is 2. The van der Waals surface area contributed by atoms with Crippen molar-refractivity contribution in [2.45, 2.75) is 39.0 Å². The van der Waals surface area contributed by atoms with E-state index in [0.29, 0.717) is 13.2 Å². The highest BCUT2D eigenvalue weighted by Crippen LogP contribution is 2.19. The topological polar surface area (TPSA) is 50.4 Å². The van der Waals surface area contributed by atoms with Gasteiger partial charge in [-0.3, -0.25) is 4.79 Å². The molecule has 0 saturated carbocycles. The van der Waals surface area contributed by atoms with Crippen LogP contribution in [0.1, 0.15) is 39.0 Å². The zero-order valence-electron chi connectivity index (χ0n) is 14.6. The van der Waals surface area contributed by atoms with Gasteiger partial charge in [0.05, 0.1) is 6.54 Å². The molecule has 0 unspecified atom stereocenters.